The maximum Gasteiger partial charge on any atom is 0.224 e. The van der Waals surface area contributed by atoms with E-state index in [1.807, 2.05) is 36.4 Å². The van der Waals surface area contributed by atoms with Crippen LogP contribution in [0.2, 0.25) is 0 Å². The van der Waals surface area contributed by atoms with Crippen LogP contribution in [0.15, 0.2) is 78.9 Å². The van der Waals surface area contributed by atoms with Crippen LogP contribution in [-0.2, 0) is 24.2 Å². The zero-order valence-electron chi connectivity index (χ0n) is 19.2. The molecule has 0 fully saturated rings. The summed E-state index contributed by atoms with van der Waals surface area (Å²) in [5.41, 5.74) is 4.50. The Morgan fingerprint density at radius 1 is 0.879 bits per heavy atom. The largest absolute Gasteiger partial charge is 0.497 e. The molecule has 3 aromatic carbocycles. The van der Waals surface area contributed by atoms with Crippen molar-refractivity contribution in [3.8, 4) is 5.75 Å². The van der Waals surface area contributed by atoms with Crippen molar-refractivity contribution in [2.75, 3.05) is 13.7 Å². The molecule has 0 unspecified atom stereocenters. The SMILES string of the molecule is COc1ccc(CC(=O)NCCCCCc2nc3ccccc3n2Cc2ccccc2)cc1. The molecule has 33 heavy (non-hydrogen) atoms. The third-order valence-electron chi connectivity index (χ3n) is 5.84. The highest BCUT2D eigenvalue weighted by atomic mass is 16.5. The second kappa shape index (κ2) is 11.3. The summed E-state index contributed by atoms with van der Waals surface area (Å²) in [7, 11) is 1.64. The molecule has 0 atom stereocenters. The van der Waals surface area contributed by atoms with Gasteiger partial charge in [0.1, 0.15) is 11.6 Å². The summed E-state index contributed by atoms with van der Waals surface area (Å²) in [5.74, 6) is 1.99. The highest BCUT2D eigenvalue weighted by Crippen LogP contribution is 2.19. The predicted octanol–water partition coefficient (Wildman–Crippen LogP) is 5.16. The van der Waals surface area contributed by atoms with Crippen molar-refractivity contribution in [1.29, 1.82) is 0 Å². The molecule has 1 aromatic heterocycles. The Bertz CT molecular complexity index is 1170. The number of imidazole rings is 1. The van der Waals surface area contributed by atoms with E-state index in [1.165, 1.54) is 11.1 Å². The standard InChI is InChI=1S/C28H31N3O2/c1-33-24-17-15-22(16-18-24)20-28(32)29-19-9-3-6-14-27-30-25-12-7-8-13-26(25)31(27)21-23-10-4-2-5-11-23/h2,4-5,7-8,10-13,15-18H,3,6,9,14,19-21H2,1H3,(H,29,32). The van der Waals surface area contributed by atoms with Crippen molar-refractivity contribution in [1.82, 2.24) is 14.9 Å². The van der Waals surface area contributed by atoms with E-state index >= 15 is 0 Å². The number of nitrogens with one attached hydrogen (secondary N) is 1. The maximum atomic E-state index is 12.2. The number of benzene rings is 3. The molecule has 1 N–H and O–H groups in total. The maximum absolute atomic E-state index is 12.2. The molecule has 0 bridgehead atoms. The van der Waals surface area contributed by atoms with Gasteiger partial charge in [-0.15, -0.1) is 0 Å². The molecule has 1 amide bonds. The van der Waals surface area contributed by atoms with Gasteiger partial charge in [-0.25, -0.2) is 4.98 Å². The average molecular weight is 442 g/mol. The molecule has 0 aliphatic carbocycles. The lowest BCUT2D eigenvalue weighted by Crippen LogP contribution is -2.26. The summed E-state index contributed by atoms with van der Waals surface area (Å²) < 4.78 is 7.49. The summed E-state index contributed by atoms with van der Waals surface area (Å²) in [4.78, 5) is 17.1. The fourth-order valence-electron chi connectivity index (χ4n) is 4.06. The molecule has 0 spiro atoms. The van der Waals surface area contributed by atoms with Crippen LogP contribution in [0.5, 0.6) is 5.75 Å². The van der Waals surface area contributed by atoms with Crippen LogP contribution in [0.25, 0.3) is 11.0 Å². The minimum Gasteiger partial charge on any atom is -0.497 e. The van der Waals surface area contributed by atoms with Gasteiger partial charge in [0.2, 0.25) is 5.91 Å². The Labute approximate surface area is 195 Å². The molecule has 4 rings (SSSR count). The average Bonchev–Trinajstić information content (AvgIpc) is 3.19. The first kappa shape index (κ1) is 22.6. The number of unbranched alkanes of at least 4 members (excludes halogenated alkanes) is 2. The molecule has 0 radical (unpaired) electrons. The molecule has 0 saturated heterocycles. The Morgan fingerprint density at radius 3 is 2.42 bits per heavy atom. The third kappa shape index (κ3) is 6.22. The summed E-state index contributed by atoms with van der Waals surface area (Å²) in [5, 5.41) is 3.03. The molecule has 0 aliphatic rings. The molecule has 4 aromatic rings. The first-order valence-electron chi connectivity index (χ1n) is 11.6. The Hall–Kier alpha value is -3.60. The smallest absolute Gasteiger partial charge is 0.224 e. The quantitative estimate of drug-likeness (QED) is 0.327. The van der Waals surface area contributed by atoms with Crippen molar-refractivity contribution in [3.05, 3.63) is 95.8 Å². The summed E-state index contributed by atoms with van der Waals surface area (Å²) in [6, 6.07) is 26.5. The number of para-hydroxylation sites is 2. The highest BCUT2D eigenvalue weighted by molar-refractivity contribution is 5.78. The van der Waals surface area contributed by atoms with Crippen molar-refractivity contribution in [2.45, 2.75) is 38.6 Å². The monoisotopic (exact) mass is 441 g/mol. The first-order valence-corrected chi connectivity index (χ1v) is 11.6. The van der Waals surface area contributed by atoms with Crippen LogP contribution >= 0.6 is 0 Å². The van der Waals surface area contributed by atoms with E-state index in [4.69, 9.17) is 9.72 Å². The summed E-state index contributed by atoms with van der Waals surface area (Å²) >= 11 is 0. The van der Waals surface area contributed by atoms with Crippen molar-refractivity contribution in [2.24, 2.45) is 0 Å². The number of carbonyl (C=O) groups excluding carboxylic acids is 1. The third-order valence-corrected chi connectivity index (χ3v) is 5.84. The number of aryl methyl sites for hydroxylation is 1. The molecule has 170 valence electrons. The second-order valence-electron chi connectivity index (χ2n) is 8.27. The van der Waals surface area contributed by atoms with Gasteiger partial charge in [-0.3, -0.25) is 4.79 Å². The van der Waals surface area contributed by atoms with Gasteiger partial charge in [0, 0.05) is 19.5 Å². The van der Waals surface area contributed by atoms with E-state index in [0.717, 1.165) is 54.9 Å². The van der Waals surface area contributed by atoms with E-state index < -0.39 is 0 Å². The highest BCUT2D eigenvalue weighted by Gasteiger charge is 2.11. The van der Waals surface area contributed by atoms with Crippen LogP contribution in [0.3, 0.4) is 0 Å². The summed E-state index contributed by atoms with van der Waals surface area (Å²) in [6.45, 7) is 1.54. The molecule has 0 aliphatic heterocycles. The van der Waals surface area contributed by atoms with Gasteiger partial charge >= 0.3 is 0 Å². The van der Waals surface area contributed by atoms with Crippen LogP contribution in [-0.4, -0.2) is 29.1 Å². The van der Waals surface area contributed by atoms with E-state index in [1.54, 1.807) is 7.11 Å². The number of nitrogens with zero attached hydrogens (tertiary/aromatic N) is 2. The number of hydrogen-bond donors (Lipinski definition) is 1. The van der Waals surface area contributed by atoms with Crippen LogP contribution in [0.1, 0.15) is 36.2 Å². The molecule has 5 nitrogen and oxygen atoms in total. The van der Waals surface area contributed by atoms with Gasteiger partial charge in [-0.05, 0) is 48.2 Å². The Kier molecular flexibility index (Phi) is 7.75. The second-order valence-corrected chi connectivity index (χ2v) is 8.27. The molecule has 1 heterocycles. The predicted molar refractivity (Wildman–Crippen MR) is 133 cm³/mol. The van der Waals surface area contributed by atoms with Gasteiger partial charge in [0.15, 0.2) is 0 Å². The van der Waals surface area contributed by atoms with Gasteiger partial charge in [-0.1, -0.05) is 61.0 Å². The molecular weight excluding hydrogens is 410 g/mol. The minimum atomic E-state index is 0.0600. The summed E-state index contributed by atoms with van der Waals surface area (Å²) in [6.07, 6.45) is 4.39. The number of amides is 1. The number of carbonyl (C=O) groups is 1. The molecule has 5 heteroatoms. The first-order chi connectivity index (χ1) is 16.2. The number of methoxy groups -OCH3 is 1. The van der Waals surface area contributed by atoms with Gasteiger partial charge < -0.3 is 14.6 Å². The zero-order chi connectivity index (χ0) is 22.9. The number of aromatic nitrogens is 2. The van der Waals surface area contributed by atoms with Gasteiger partial charge in [-0.2, -0.15) is 0 Å². The van der Waals surface area contributed by atoms with Gasteiger partial charge in [0.05, 0.1) is 24.6 Å². The van der Waals surface area contributed by atoms with Crippen LogP contribution in [0, 0.1) is 0 Å². The van der Waals surface area contributed by atoms with Crippen molar-refractivity contribution >= 4 is 16.9 Å². The minimum absolute atomic E-state index is 0.0600. The fourth-order valence-corrected chi connectivity index (χ4v) is 4.06. The number of hydrogen-bond acceptors (Lipinski definition) is 3. The van der Waals surface area contributed by atoms with Crippen LogP contribution < -0.4 is 10.1 Å². The van der Waals surface area contributed by atoms with Crippen molar-refractivity contribution < 1.29 is 9.53 Å². The number of ether oxygens (including phenoxy) is 1. The van der Waals surface area contributed by atoms with E-state index in [9.17, 15) is 4.79 Å². The molecule has 0 saturated carbocycles. The Morgan fingerprint density at radius 2 is 1.64 bits per heavy atom. The zero-order valence-corrected chi connectivity index (χ0v) is 19.2. The van der Waals surface area contributed by atoms with E-state index in [2.05, 4.69) is 52.3 Å². The topological polar surface area (TPSA) is 56.1 Å². The number of fused-ring (bicyclic) bond motifs is 1. The van der Waals surface area contributed by atoms with Gasteiger partial charge in [0.25, 0.3) is 0 Å². The lowest BCUT2D eigenvalue weighted by atomic mass is 10.1. The van der Waals surface area contributed by atoms with Crippen LogP contribution in [0.4, 0.5) is 0 Å². The molecular formula is C28H31N3O2. The van der Waals surface area contributed by atoms with E-state index in [-0.39, 0.29) is 5.91 Å². The Balaban J connectivity index is 1.24. The normalized spacial score (nSPS) is 10.9. The van der Waals surface area contributed by atoms with E-state index in [0.29, 0.717) is 13.0 Å². The lowest BCUT2D eigenvalue weighted by molar-refractivity contribution is -0.120. The lowest BCUT2D eigenvalue weighted by Gasteiger charge is -2.10. The number of rotatable bonds is 11. The van der Waals surface area contributed by atoms with Crippen molar-refractivity contribution in [3.63, 3.8) is 0 Å². The fraction of sp³-hybridized carbons (Fsp3) is 0.286.